The van der Waals surface area contributed by atoms with E-state index in [1.165, 1.54) is 18.4 Å². The number of aryl methyl sites for hydroxylation is 1. The largest absolute Gasteiger partial charge is 0.454 e. The lowest BCUT2D eigenvalue weighted by atomic mass is 10.0. The Labute approximate surface area is 200 Å². The topological polar surface area (TPSA) is 60.5 Å². The molecule has 0 saturated carbocycles. The van der Waals surface area contributed by atoms with Gasteiger partial charge in [0.05, 0.1) is 16.8 Å². The van der Waals surface area contributed by atoms with Crippen LogP contribution in [0.25, 0.3) is 22.2 Å². The minimum atomic E-state index is -0.208. The molecular weight excluding hydrogens is 480 g/mol. The van der Waals surface area contributed by atoms with Crippen molar-refractivity contribution in [2.75, 3.05) is 12.1 Å². The molecule has 0 saturated heterocycles. The summed E-state index contributed by atoms with van der Waals surface area (Å²) in [6.45, 7) is 2.39. The smallest absolute Gasteiger partial charge is 0.256 e. The van der Waals surface area contributed by atoms with Gasteiger partial charge in [0.25, 0.3) is 5.91 Å². The first-order valence-electron chi connectivity index (χ1n) is 11.0. The average Bonchev–Trinajstić information content (AvgIpc) is 3.30. The second kappa shape index (κ2) is 9.24. The minimum Gasteiger partial charge on any atom is -0.454 e. The number of hydrogen-bond donors (Lipinski definition) is 1. The van der Waals surface area contributed by atoms with Gasteiger partial charge in [0.1, 0.15) is 0 Å². The maximum Gasteiger partial charge on any atom is 0.256 e. The first-order valence-corrected chi connectivity index (χ1v) is 11.8. The molecule has 1 aliphatic heterocycles. The molecule has 33 heavy (non-hydrogen) atoms. The van der Waals surface area contributed by atoms with Crippen LogP contribution in [0.4, 0.5) is 5.69 Å². The highest BCUT2D eigenvalue weighted by molar-refractivity contribution is 9.10. The number of aromatic nitrogens is 1. The fourth-order valence-corrected chi connectivity index (χ4v) is 4.29. The summed E-state index contributed by atoms with van der Waals surface area (Å²) in [6, 6.07) is 21.5. The van der Waals surface area contributed by atoms with E-state index in [-0.39, 0.29) is 12.7 Å². The van der Waals surface area contributed by atoms with Gasteiger partial charge in [0, 0.05) is 27.2 Å². The molecule has 1 aromatic heterocycles. The monoisotopic (exact) mass is 502 g/mol. The fourth-order valence-electron chi connectivity index (χ4n) is 3.93. The van der Waals surface area contributed by atoms with Crippen molar-refractivity contribution in [1.82, 2.24) is 4.98 Å². The Kier molecular flexibility index (Phi) is 6.01. The maximum atomic E-state index is 13.4. The van der Waals surface area contributed by atoms with Gasteiger partial charge in [-0.2, -0.15) is 0 Å². The molecule has 0 bridgehead atoms. The van der Waals surface area contributed by atoms with E-state index in [4.69, 9.17) is 14.5 Å². The van der Waals surface area contributed by atoms with Gasteiger partial charge >= 0.3 is 0 Å². The number of halogens is 1. The molecule has 4 aromatic rings. The number of nitrogens with one attached hydrogen (secondary N) is 1. The molecule has 3 aromatic carbocycles. The molecule has 1 aliphatic rings. The Morgan fingerprint density at radius 3 is 2.64 bits per heavy atom. The Morgan fingerprint density at radius 2 is 1.82 bits per heavy atom. The quantitative estimate of drug-likeness (QED) is 0.308. The lowest BCUT2D eigenvalue weighted by Gasteiger charge is -2.12. The highest BCUT2D eigenvalue weighted by Gasteiger charge is 2.18. The summed E-state index contributed by atoms with van der Waals surface area (Å²) in [5.74, 6) is 1.09. The van der Waals surface area contributed by atoms with E-state index in [0.717, 1.165) is 33.1 Å². The number of benzene rings is 3. The number of fused-ring (bicyclic) bond motifs is 2. The van der Waals surface area contributed by atoms with E-state index in [9.17, 15) is 4.79 Å². The number of carbonyl (C=O) groups excluding carboxylic acids is 1. The summed E-state index contributed by atoms with van der Waals surface area (Å²) in [6.07, 6.45) is 3.41. The van der Waals surface area contributed by atoms with E-state index in [0.29, 0.717) is 22.7 Å². The zero-order valence-corrected chi connectivity index (χ0v) is 19.8. The van der Waals surface area contributed by atoms with Crippen molar-refractivity contribution in [3.05, 3.63) is 82.3 Å². The molecule has 0 atom stereocenters. The zero-order chi connectivity index (χ0) is 22.8. The van der Waals surface area contributed by atoms with Crippen molar-refractivity contribution in [3.63, 3.8) is 0 Å². The summed E-state index contributed by atoms with van der Waals surface area (Å²) >= 11 is 3.52. The molecule has 166 valence electrons. The number of hydrogen-bond acceptors (Lipinski definition) is 4. The van der Waals surface area contributed by atoms with Crippen LogP contribution >= 0.6 is 15.9 Å². The number of carbonyl (C=O) groups is 1. The molecular formula is C27H23BrN2O3. The molecule has 2 heterocycles. The predicted molar refractivity (Wildman–Crippen MR) is 134 cm³/mol. The van der Waals surface area contributed by atoms with Gasteiger partial charge in [0.15, 0.2) is 11.5 Å². The van der Waals surface area contributed by atoms with Crippen LogP contribution in [0.15, 0.2) is 71.2 Å². The normalized spacial score (nSPS) is 12.2. The highest BCUT2D eigenvalue weighted by atomic mass is 79.9. The van der Waals surface area contributed by atoms with E-state index in [1.54, 1.807) is 18.2 Å². The number of rotatable bonds is 6. The van der Waals surface area contributed by atoms with Crippen LogP contribution in [0.5, 0.6) is 11.5 Å². The Bertz CT molecular complexity index is 1340. The minimum absolute atomic E-state index is 0.191. The third-order valence-corrected chi connectivity index (χ3v) is 6.21. The van der Waals surface area contributed by atoms with Crippen molar-refractivity contribution < 1.29 is 14.3 Å². The molecule has 1 N–H and O–H groups in total. The first-order chi connectivity index (χ1) is 16.1. The van der Waals surface area contributed by atoms with Gasteiger partial charge in [-0.3, -0.25) is 4.79 Å². The molecule has 0 fully saturated rings. The maximum absolute atomic E-state index is 13.4. The molecule has 0 unspecified atom stereocenters. The molecule has 5 rings (SSSR count). The Morgan fingerprint density at radius 1 is 1.00 bits per heavy atom. The Hall–Kier alpha value is -3.38. The van der Waals surface area contributed by atoms with Crippen LogP contribution < -0.4 is 14.8 Å². The lowest BCUT2D eigenvalue weighted by molar-refractivity contribution is 0.102. The van der Waals surface area contributed by atoms with Crippen LogP contribution in [0.1, 0.15) is 35.7 Å². The number of anilines is 1. The van der Waals surface area contributed by atoms with E-state index >= 15 is 0 Å². The molecule has 5 nitrogen and oxygen atoms in total. The van der Waals surface area contributed by atoms with E-state index in [1.807, 2.05) is 24.3 Å². The summed E-state index contributed by atoms with van der Waals surface area (Å²) in [4.78, 5) is 18.2. The van der Waals surface area contributed by atoms with Crippen molar-refractivity contribution >= 4 is 38.4 Å². The molecule has 0 spiro atoms. The fraction of sp³-hybridized carbons (Fsp3) is 0.185. The highest BCUT2D eigenvalue weighted by Crippen LogP contribution is 2.35. The van der Waals surface area contributed by atoms with Gasteiger partial charge in [-0.25, -0.2) is 4.98 Å². The average molecular weight is 503 g/mol. The molecule has 0 radical (unpaired) electrons. The van der Waals surface area contributed by atoms with Gasteiger partial charge in [-0.1, -0.05) is 53.5 Å². The van der Waals surface area contributed by atoms with Crippen LogP contribution in [0, 0.1) is 0 Å². The van der Waals surface area contributed by atoms with Gasteiger partial charge in [0.2, 0.25) is 6.79 Å². The SMILES string of the molecule is CCCCc1ccc(-c2cc(C(=O)Nc3ccc4c(c3)OCO4)c3cc(Br)ccc3n2)cc1. The third-order valence-electron chi connectivity index (χ3n) is 5.71. The Balaban J connectivity index is 1.51. The van der Waals surface area contributed by atoms with E-state index in [2.05, 4.69) is 52.4 Å². The molecule has 0 aliphatic carbocycles. The number of pyridine rings is 1. The van der Waals surface area contributed by atoms with Gasteiger partial charge < -0.3 is 14.8 Å². The van der Waals surface area contributed by atoms with Crippen molar-refractivity contribution in [1.29, 1.82) is 0 Å². The first kappa shape index (κ1) is 21.5. The number of nitrogens with zero attached hydrogens (tertiary/aromatic N) is 1. The second-order valence-corrected chi connectivity index (χ2v) is 8.95. The second-order valence-electron chi connectivity index (χ2n) is 8.04. The van der Waals surface area contributed by atoms with E-state index < -0.39 is 0 Å². The summed E-state index contributed by atoms with van der Waals surface area (Å²) in [7, 11) is 0. The van der Waals surface area contributed by atoms with Crippen molar-refractivity contribution in [3.8, 4) is 22.8 Å². The lowest BCUT2D eigenvalue weighted by Crippen LogP contribution is -2.13. The third kappa shape index (κ3) is 4.57. The molecule has 6 heteroatoms. The van der Waals surface area contributed by atoms with Crippen molar-refractivity contribution in [2.45, 2.75) is 26.2 Å². The van der Waals surface area contributed by atoms with Gasteiger partial charge in [-0.15, -0.1) is 0 Å². The van der Waals surface area contributed by atoms with Gasteiger partial charge in [-0.05, 0) is 54.8 Å². The molecule has 1 amide bonds. The summed E-state index contributed by atoms with van der Waals surface area (Å²) in [5, 5.41) is 3.78. The standard InChI is InChI=1S/C27H23BrN2O3/c1-2-3-4-17-5-7-18(8-6-17)24-15-22(21-13-19(28)9-11-23(21)30-24)27(31)29-20-10-12-25-26(14-20)33-16-32-25/h5-15H,2-4,16H2,1H3,(H,29,31). The van der Waals surface area contributed by atoms with Crippen LogP contribution in [0.3, 0.4) is 0 Å². The van der Waals surface area contributed by atoms with Crippen molar-refractivity contribution in [2.24, 2.45) is 0 Å². The number of amides is 1. The number of unbranched alkanes of at least 4 members (excludes halogenated alkanes) is 1. The van der Waals surface area contributed by atoms with Crippen LogP contribution in [-0.4, -0.2) is 17.7 Å². The summed E-state index contributed by atoms with van der Waals surface area (Å²) < 4.78 is 11.7. The predicted octanol–water partition coefficient (Wildman–Crippen LogP) is 6.99. The van der Waals surface area contributed by atoms with Crippen LogP contribution in [-0.2, 0) is 6.42 Å². The number of ether oxygens (including phenoxy) is 2. The zero-order valence-electron chi connectivity index (χ0n) is 18.2. The summed E-state index contributed by atoms with van der Waals surface area (Å²) in [5.41, 5.74) is 5.03. The van der Waals surface area contributed by atoms with Crippen LogP contribution in [0.2, 0.25) is 0 Å².